The molecule has 0 aliphatic rings. The third-order valence-electron chi connectivity index (χ3n) is 1.51. The number of hydrogen-bond donors (Lipinski definition) is 1. The van der Waals surface area contributed by atoms with Crippen molar-refractivity contribution in [3.05, 3.63) is 12.7 Å². The Hall–Kier alpha value is -0.830. The van der Waals surface area contributed by atoms with Gasteiger partial charge in [-0.1, -0.05) is 13.0 Å². The molecule has 0 rings (SSSR count). The van der Waals surface area contributed by atoms with Gasteiger partial charge in [-0.2, -0.15) is 0 Å². The summed E-state index contributed by atoms with van der Waals surface area (Å²) in [4.78, 5) is 10.9. The number of ether oxygens (including phenoxy) is 1. The first-order valence-electron chi connectivity index (χ1n) is 4.76. The summed E-state index contributed by atoms with van der Waals surface area (Å²) >= 11 is 0. The van der Waals surface area contributed by atoms with Gasteiger partial charge in [0, 0.05) is 13.0 Å². The predicted molar refractivity (Wildman–Crippen MR) is 53.6 cm³/mol. The average Bonchev–Trinajstić information content (AvgIpc) is 2.11. The molecular formula is C10H19NO2. The fourth-order valence-electron chi connectivity index (χ4n) is 0.847. The van der Waals surface area contributed by atoms with E-state index < -0.39 is 0 Å². The van der Waals surface area contributed by atoms with Crippen LogP contribution in [0.4, 0.5) is 0 Å². The highest BCUT2D eigenvalue weighted by Crippen LogP contribution is 1.85. The van der Waals surface area contributed by atoms with E-state index in [2.05, 4.69) is 11.9 Å². The van der Waals surface area contributed by atoms with E-state index >= 15 is 0 Å². The molecule has 0 saturated heterocycles. The molecule has 0 saturated carbocycles. The first kappa shape index (κ1) is 12.2. The maximum absolute atomic E-state index is 10.9. The maximum Gasteiger partial charge on any atom is 0.220 e. The van der Waals surface area contributed by atoms with Gasteiger partial charge in [-0.15, -0.1) is 6.58 Å². The molecule has 0 aromatic carbocycles. The van der Waals surface area contributed by atoms with Crippen molar-refractivity contribution < 1.29 is 9.53 Å². The topological polar surface area (TPSA) is 38.3 Å². The van der Waals surface area contributed by atoms with Crippen LogP contribution in [-0.2, 0) is 9.53 Å². The van der Waals surface area contributed by atoms with Crippen molar-refractivity contribution in [1.29, 1.82) is 0 Å². The van der Waals surface area contributed by atoms with Gasteiger partial charge in [0.1, 0.15) is 0 Å². The van der Waals surface area contributed by atoms with Gasteiger partial charge in [0.15, 0.2) is 0 Å². The Morgan fingerprint density at radius 1 is 1.54 bits per heavy atom. The second-order valence-corrected chi connectivity index (χ2v) is 2.79. The number of carbonyl (C=O) groups is 1. The van der Waals surface area contributed by atoms with Crippen molar-refractivity contribution in [3.63, 3.8) is 0 Å². The molecule has 3 nitrogen and oxygen atoms in total. The Morgan fingerprint density at radius 3 is 2.92 bits per heavy atom. The minimum atomic E-state index is 0.106. The van der Waals surface area contributed by atoms with Crippen LogP contribution in [0.3, 0.4) is 0 Å². The van der Waals surface area contributed by atoms with Gasteiger partial charge in [0.25, 0.3) is 0 Å². The molecule has 0 spiro atoms. The van der Waals surface area contributed by atoms with Crippen LogP contribution < -0.4 is 5.32 Å². The van der Waals surface area contributed by atoms with Crippen molar-refractivity contribution in [2.24, 2.45) is 0 Å². The van der Waals surface area contributed by atoms with E-state index in [9.17, 15) is 4.79 Å². The van der Waals surface area contributed by atoms with E-state index in [0.717, 1.165) is 12.8 Å². The van der Waals surface area contributed by atoms with Crippen LogP contribution in [0.15, 0.2) is 12.7 Å². The molecule has 1 N–H and O–H groups in total. The molecular weight excluding hydrogens is 166 g/mol. The third-order valence-corrected chi connectivity index (χ3v) is 1.51. The van der Waals surface area contributed by atoms with E-state index in [0.29, 0.717) is 26.2 Å². The van der Waals surface area contributed by atoms with E-state index in [1.54, 1.807) is 0 Å². The summed E-state index contributed by atoms with van der Waals surface area (Å²) in [5.74, 6) is 0.106. The zero-order valence-electron chi connectivity index (χ0n) is 8.34. The quantitative estimate of drug-likeness (QED) is 0.459. The molecule has 13 heavy (non-hydrogen) atoms. The van der Waals surface area contributed by atoms with Crippen LogP contribution in [0.2, 0.25) is 0 Å². The highest BCUT2D eigenvalue weighted by molar-refractivity contribution is 5.75. The van der Waals surface area contributed by atoms with Crippen molar-refractivity contribution in [3.8, 4) is 0 Å². The summed E-state index contributed by atoms with van der Waals surface area (Å²) in [6.45, 7) is 7.45. The molecule has 0 heterocycles. The third kappa shape index (κ3) is 9.08. The van der Waals surface area contributed by atoms with Gasteiger partial charge in [-0.05, 0) is 12.8 Å². The molecule has 0 aliphatic carbocycles. The van der Waals surface area contributed by atoms with Crippen molar-refractivity contribution in [2.45, 2.75) is 26.2 Å². The molecule has 0 aromatic heterocycles. The van der Waals surface area contributed by atoms with Crippen molar-refractivity contribution in [2.75, 3.05) is 19.8 Å². The maximum atomic E-state index is 10.9. The molecule has 0 aliphatic heterocycles. The molecule has 0 atom stereocenters. The number of amides is 1. The standard InChI is InChI=1S/C10H19NO2/c1-3-5-8-13-9-7-11-10(12)6-4-2/h3H,1,4-9H2,2H3,(H,11,12). The zero-order chi connectivity index (χ0) is 9.94. The fraction of sp³-hybridized carbons (Fsp3) is 0.700. The number of rotatable bonds is 8. The summed E-state index contributed by atoms with van der Waals surface area (Å²) in [6.07, 6.45) is 4.17. The lowest BCUT2D eigenvalue weighted by Gasteiger charge is -2.04. The number of carbonyl (C=O) groups excluding carboxylic acids is 1. The number of nitrogens with one attached hydrogen (secondary N) is 1. The molecule has 0 aromatic rings. The largest absolute Gasteiger partial charge is 0.379 e. The van der Waals surface area contributed by atoms with E-state index in [-0.39, 0.29) is 5.91 Å². The molecule has 0 radical (unpaired) electrons. The molecule has 0 unspecified atom stereocenters. The lowest BCUT2D eigenvalue weighted by molar-refractivity contribution is -0.121. The van der Waals surface area contributed by atoms with Gasteiger partial charge in [-0.3, -0.25) is 4.79 Å². The van der Waals surface area contributed by atoms with Gasteiger partial charge in [0.05, 0.1) is 13.2 Å². The van der Waals surface area contributed by atoms with Crippen molar-refractivity contribution in [1.82, 2.24) is 5.32 Å². The second kappa shape index (κ2) is 9.26. The monoisotopic (exact) mass is 185 g/mol. The smallest absolute Gasteiger partial charge is 0.220 e. The Labute approximate surface area is 80.2 Å². The number of hydrogen-bond acceptors (Lipinski definition) is 2. The predicted octanol–water partition coefficient (Wildman–Crippen LogP) is 1.50. The van der Waals surface area contributed by atoms with Crippen LogP contribution in [0, 0.1) is 0 Å². The summed E-state index contributed by atoms with van der Waals surface area (Å²) in [7, 11) is 0. The summed E-state index contributed by atoms with van der Waals surface area (Å²) in [5.41, 5.74) is 0. The Bertz CT molecular complexity index is 146. The van der Waals surface area contributed by atoms with Gasteiger partial charge >= 0.3 is 0 Å². The SMILES string of the molecule is C=CCCOCCNC(=O)CCC. The lowest BCUT2D eigenvalue weighted by atomic mass is 10.3. The van der Waals surface area contributed by atoms with E-state index in [1.165, 1.54) is 0 Å². The molecule has 76 valence electrons. The Morgan fingerprint density at radius 2 is 2.31 bits per heavy atom. The van der Waals surface area contributed by atoms with Crippen LogP contribution in [0.25, 0.3) is 0 Å². The van der Waals surface area contributed by atoms with Crippen LogP contribution in [-0.4, -0.2) is 25.7 Å². The minimum Gasteiger partial charge on any atom is -0.379 e. The fourth-order valence-corrected chi connectivity index (χ4v) is 0.847. The first-order chi connectivity index (χ1) is 6.31. The Kier molecular flexibility index (Phi) is 8.67. The minimum absolute atomic E-state index is 0.106. The summed E-state index contributed by atoms with van der Waals surface area (Å²) in [5, 5.41) is 2.77. The van der Waals surface area contributed by atoms with E-state index in [4.69, 9.17) is 4.74 Å². The average molecular weight is 185 g/mol. The lowest BCUT2D eigenvalue weighted by Crippen LogP contribution is -2.26. The zero-order valence-corrected chi connectivity index (χ0v) is 8.34. The van der Waals surface area contributed by atoms with Crippen LogP contribution in [0.1, 0.15) is 26.2 Å². The highest BCUT2D eigenvalue weighted by Gasteiger charge is 1.96. The van der Waals surface area contributed by atoms with Crippen LogP contribution in [0.5, 0.6) is 0 Å². The first-order valence-corrected chi connectivity index (χ1v) is 4.76. The highest BCUT2D eigenvalue weighted by atomic mass is 16.5. The second-order valence-electron chi connectivity index (χ2n) is 2.79. The molecule has 0 bridgehead atoms. The van der Waals surface area contributed by atoms with Crippen molar-refractivity contribution >= 4 is 5.91 Å². The molecule has 1 amide bonds. The van der Waals surface area contributed by atoms with Gasteiger partial charge < -0.3 is 10.1 Å². The summed E-state index contributed by atoms with van der Waals surface area (Å²) < 4.78 is 5.22. The van der Waals surface area contributed by atoms with Gasteiger partial charge in [-0.25, -0.2) is 0 Å². The molecule has 3 heteroatoms. The normalized spacial score (nSPS) is 9.62. The summed E-state index contributed by atoms with van der Waals surface area (Å²) in [6, 6.07) is 0. The Balaban J connectivity index is 3.06. The van der Waals surface area contributed by atoms with E-state index in [1.807, 2.05) is 13.0 Å². The molecule has 0 fully saturated rings. The van der Waals surface area contributed by atoms with Gasteiger partial charge in [0.2, 0.25) is 5.91 Å². The van der Waals surface area contributed by atoms with Crippen LogP contribution >= 0.6 is 0 Å².